The Morgan fingerprint density at radius 2 is 1.65 bits per heavy atom. The first-order chi connectivity index (χ1) is 7.97. The van der Waals surface area contributed by atoms with E-state index in [1.807, 2.05) is 6.07 Å². The van der Waals surface area contributed by atoms with Crippen molar-refractivity contribution in [1.29, 1.82) is 0 Å². The molecule has 1 heterocycles. The van der Waals surface area contributed by atoms with Crippen LogP contribution in [0.15, 0.2) is 37.0 Å². The van der Waals surface area contributed by atoms with Gasteiger partial charge in [-0.05, 0) is 58.2 Å². The molecule has 2 N–H and O–H groups in total. The van der Waals surface area contributed by atoms with E-state index in [1.165, 1.54) is 10.4 Å². The van der Waals surface area contributed by atoms with Gasteiger partial charge in [0.1, 0.15) is 0 Å². The lowest BCUT2D eigenvalue weighted by molar-refractivity contribution is 0.890. The van der Waals surface area contributed by atoms with Crippen LogP contribution in [-0.2, 0) is 0 Å². The van der Waals surface area contributed by atoms with Gasteiger partial charge in [0.15, 0.2) is 0 Å². The Labute approximate surface area is 130 Å². The summed E-state index contributed by atoms with van der Waals surface area (Å²) in [7, 11) is 0. The summed E-state index contributed by atoms with van der Waals surface area (Å²) in [6, 6.07) is 8.16. The number of hydrogen-bond donors (Lipinski definition) is 1. The molecule has 0 aliphatic heterocycles. The van der Waals surface area contributed by atoms with Crippen molar-refractivity contribution in [3.05, 3.63) is 53.0 Å². The maximum absolute atomic E-state index is 6.28. The minimum Gasteiger partial charge on any atom is -0.320 e. The van der Waals surface area contributed by atoms with Crippen LogP contribution < -0.4 is 5.73 Å². The summed E-state index contributed by atoms with van der Waals surface area (Å²) in [6.07, 6.45) is 0. The van der Waals surface area contributed by atoms with Crippen LogP contribution in [-0.4, -0.2) is 0 Å². The van der Waals surface area contributed by atoms with Crippen LogP contribution in [0, 0.1) is 6.92 Å². The van der Waals surface area contributed by atoms with Crippen LogP contribution >= 0.6 is 59.1 Å². The van der Waals surface area contributed by atoms with Crippen molar-refractivity contribution < 1.29 is 0 Å². The second kappa shape index (κ2) is 5.53. The van der Waals surface area contributed by atoms with E-state index >= 15 is 0 Å². The highest BCUT2D eigenvalue weighted by Gasteiger charge is 2.14. The molecule has 5 heteroatoms. The fraction of sp³-hybridized carbons (Fsp3) is 0.167. The minimum atomic E-state index is -0.0844. The first-order valence-corrected chi connectivity index (χ1v) is 8.14. The minimum absolute atomic E-state index is 0.0844. The van der Waals surface area contributed by atoms with Gasteiger partial charge in [0.25, 0.3) is 0 Å². The monoisotopic (exact) mass is 437 g/mol. The quantitative estimate of drug-likeness (QED) is 0.666. The van der Waals surface area contributed by atoms with E-state index < -0.39 is 0 Å². The van der Waals surface area contributed by atoms with Crippen molar-refractivity contribution in [2.45, 2.75) is 13.0 Å². The molecule has 90 valence electrons. The normalized spacial score (nSPS) is 12.8. The lowest BCUT2D eigenvalue weighted by Gasteiger charge is -2.11. The van der Waals surface area contributed by atoms with E-state index in [0.717, 1.165) is 18.3 Å². The SMILES string of the molecule is Cc1cc(C(N)c2cc(Br)cc(Br)c2)sc1Br. The second-order valence-corrected chi connectivity index (χ2v) is 8.02. The Hall–Kier alpha value is 0.320. The smallest absolute Gasteiger partial charge is 0.0731 e. The molecule has 0 aliphatic carbocycles. The summed E-state index contributed by atoms with van der Waals surface area (Å²) in [4.78, 5) is 1.17. The Morgan fingerprint density at radius 3 is 2.12 bits per heavy atom. The zero-order chi connectivity index (χ0) is 12.6. The second-order valence-electron chi connectivity index (χ2n) is 3.79. The van der Waals surface area contributed by atoms with Gasteiger partial charge >= 0.3 is 0 Å². The summed E-state index contributed by atoms with van der Waals surface area (Å²) in [5, 5.41) is 0. The average molecular weight is 440 g/mol. The molecule has 0 amide bonds. The van der Waals surface area contributed by atoms with Gasteiger partial charge < -0.3 is 5.73 Å². The molecule has 1 nitrogen and oxygen atoms in total. The van der Waals surface area contributed by atoms with Crippen molar-refractivity contribution in [1.82, 2.24) is 0 Å². The molecular weight excluding hydrogens is 430 g/mol. The first kappa shape index (κ1) is 13.7. The fourth-order valence-corrected chi connectivity index (χ4v) is 4.49. The zero-order valence-corrected chi connectivity index (χ0v) is 14.6. The van der Waals surface area contributed by atoms with Crippen LogP contribution in [0.5, 0.6) is 0 Å². The van der Waals surface area contributed by atoms with Gasteiger partial charge in [0, 0.05) is 13.8 Å². The Balaban J connectivity index is 2.39. The first-order valence-electron chi connectivity index (χ1n) is 4.95. The third-order valence-corrected chi connectivity index (χ3v) is 5.56. The molecular formula is C12H10Br3NS. The summed E-state index contributed by atoms with van der Waals surface area (Å²) in [6.45, 7) is 2.08. The predicted octanol–water partition coefficient (Wildman–Crippen LogP) is 5.39. The Kier molecular flexibility index (Phi) is 4.47. The summed E-state index contributed by atoms with van der Waals surface area (Å²) in [5.41, 5.74) is 8.61. The Bertz CT molecular complexity index is 511. The molecule has 1 unspecified atom stereocenters. The van der Waals surface area contributed by atoms with E-state index in [0.29, 0.717) is 0 Å². The summed E-state index contributed by atoms with van der Waals surface area (Å²) >= 11 is 12.2. The number of halogens is 3. The van der Waals surface area contributed by atoms with Gasteiger partial charge in [-0.1, -0.05) is 31.9 Å². The Morgan fingerprint density at radius 1 is 1.06 bits per heavy atom. The van der Waals surface area contributed by atoms with Crippen molar-refractivity contribution >= 4 is 59.1 Å². The van der Waals surface area contributed by atoms with Crippen LogP contribution in [0.4, 0.5) is 0 Å². The summed E-state index contributed by atoms with van der Waals surface area (Å²) in [5.74, 6) is 0. The molecule has 0 saturated carbocycles. The van der Waals surface area contributed by atoms with E-state index in [2.05, 4.69) is 72.9 Å². The van der Waals surface area contributed by atoms with E-state index in [4.69, 9.17) is 5.73 Å². The van der Waals surface area contributed by atoms with Crippen LogP contribution in [0.3, 0.4) is 0 Å². The predicted molar refractivity (Wildman–Crippen MR) is 84.6 cm³/mol. The van der Waals surface area contributed by atoms with E-state index in [1.54, 1.807) is 11.3 Å². The zero-order valence-electron chi connectivity index (χ0n) is 9.01. The van der Waals surface area contributed by atoms with Gasteiger partial charge in [0.05, 0.1) is 9.83 Å². The molecule has 1 aromatic carbocycles. The van der Waals surface area contributed by atoms with Crippen LogP contribution in [0.2, 0.25) is 0 Å². The molecule has 2 aromatic rings. The third-order valence-electron chi connectivity index (χ3n) is 2.43. The lowest BCUT2D eigenvalue weighted by atomic mass is 10.1. The molecule has 1 atom stereocenters. The van der Waals surface area contributed by atoms with Crippen molar-refractivity contribution in [3.63, 3.8) is 0 Å². The molecule has 0 aliphatic rings. The molecule has 0 spiro atoms. The van der Waals surface area contributed by atoms with Gasteiger partial charge in [-0.3, -0.25) is 0 Å². The van der Waals surface area contributed by atoms with Gasteiger partial charge in [-0.2, -0.15) is 0 Å². The van der Waals surface area contributed by atoms with Gasteiger partial charge in [0.2, 0.25) is 0 Å². The number of benzene rings is 1. The number of nitrogens with two attached hydrogens (primary N) is 1. The molecule has 0 radical (unpaired) electrons. The van der Waals surface area contributed by atoms with Gasteiger partial charge in [-0.25, -0.2) is 0 Å². The number of thiophene rings is 1. The van der Waals surface area contributed by atoms with E-state index in [-0.39, 0.29) is 6.04 Å². The summed E-state index contributed by atoms with van der Waals surface area (Å²) < 4.78 is 3.21. The number of hydrogen-bond acceptors (Lipinski definition) is 2. The lowest BCUT2D eigenvalue weighted by Crippen LogP contribution is -2.10. The van der Waals surface area contributed by atoms with Crippen LogP contribution in [0.1, 0.15) is 22.0 Å². The largest absolute Gasteiger partial charge is 0.320 e. The highest BCUT2D eigenvalue weighted by atomic mass is 79.9. The number of aryl methyl sites for hydroxylation is 1. The molecule has 0 bridgehead atoms. The average Bonchev–Trinajstić information content (AvgIpc) is 2.57. The fourth-order valence-electron chi connectivity index (χ4n) is 1.56. The maximum atomic E-state index is 6.28. The highest BCUT2D eigenvalue weighted by molar-refractivity contribution is 9.11. The maximum Gasteiger partial charge on any atom is 0.0731 e. The molecule has 1 aromatic heterocycles. The van der Waals surface area contributed by atoms with Crippen molar-refractivity contribution in [3.8, 4) is 0 Å². The standard InChI is InChI=1S/C12H10Br3NS/c1-6-2-10(17-12(6)15)11(16)7-3-8(13)5-9(14)4-7/h2-5,11H,16H2,1H3. The molecule has 0 saturated heterocycles. The van der Waals surface area contributed by atoms with Crippen molar-refractivity contribution in [2.75, 3.05) is 0 Å². The topological polar surface area (TPSA) is 26.0 Å². The molecule has 17 heavy (non-hydrogen) atoms. The molecule has 0 fully saturated rings. The van der Waals surface area contributed by atoms with Crippen LogP contribution in [0.25, 0.3) is 0 Å². The highest BCUT2D eigenvalue weighted by Crippen LogP contribution is 2.34. The molecule has 2 rings (SSSR count). The van der Waals surface area contributed by atoms with Crippen molar-refractivity contribution in [2.24, 2.45) is 5.73 Å². The van der Waals surface area contributed by atoms with E-state index in [9.17, 15) is 0 Å². The number of rotatable bonds is 2. The third kappa shape index (κ3) is 3.20. The van der Waals surface area contributed by atoms with Gasteiger partial charge in [-0.15, -0.1) is 11.3 Å².